The van der Waals surface area contributed by atoms with Crippen molar-refractivity contribution in [2.24, 2.45) is 57.1 Å². The quantitative estimate of drug-likeness (QED) is 0.0627. The molecule has 0 amide bonds. The van der Waals surface area contributed by atoms with Crippen LogP contribution in [-0.4, -0.2) is 88.7 Å². The average molecular weight is 1710 g/mol. The summed E-state index contributed by atoms with van der Waals surface area (Å²) in [4.78, 5) is 49.1. The molecule has 127 heavy (non-hydrogen) atoms. The molecule has 11 aromatic rings. The Morgan fingerprint density at radius 3 is 1.15 bits per heavy atom. The highest BCUT2D eigenvalue weighted by Gasteiger charge is 2.61. The van der Waals surface area contributed by atoms with Crippen molar-refractivity contribution in [1.82, 2.24) is 54.1 Å². The van der Waals surface area contributed by atoms with Crippen LogP contribution in [-0.2, 0) is 90.2 Å². The lowest BCUT2D eigenvalue weighted by molar-refractivity contribution is -0.137. The number of aliphatic hydroxyl groups is 2. The number of carbonyl (C=O) groups is 3. The standard InChI is InChI=1S/2C21H23N3O.C21H21N3O.C21H24N2O2.C20H24N2O.CH5NO.CH4/c1-20(2)17-10-9-14-12-22-24(16-7-5-4-6-8-16)18(14)21(17,3)11-15-13-23-25-19(15)20;2*1-20(2)17-11-10-14-13-23-24(15-8-6-5-7-9-15)18(14)21(17,3)12-16(22-4)19(20)25;1-20(2)17-10-9-14-12-22-23(16-7-5-4-6-8-16)18(14)21(17,3)11-15(13-24)19(20)25;1-19(2)16-10-9-14-13-21-22(15-7-5-4-6-8-15)18(14)20(16,3)12-11-17(19)23;1-3-2;/h4-8,12-13,17H,9-11H2,1-3H3;5-9,13,17,25H,10-12H2,1-3H3;5-9,12-13,17H,10-11H2,1-3H3;4-8,12-13,17,24H,9-11H2,1-3H3;4-8,13,16H,9-12H2,1-3H3;2H2,1H3;1H4/b;;;15-13-;;;/t4*17-,21-;16-,20-;;/m00000../s1/i;;;;;;1T. The fourth-order valence-electron chi connectivity index (χ4n) is 25.9. The first-order chi connectivity index (χ1) is 61.0. The van der Waals surface area contributed by atoms with Gasteiger partial charge in [0, 0.05) is 73.1 Å². The molecule has 21 heteroatoms. The minimum Gasteiger partial charge on any atom is -0.523 e. The van der Waals surface area contributed by atoms with Gasteiger partial charge in [-0.2, -0.15) is 25.5 Å². The molecule has 2 saturated carbocycles. The Morgan fingerprint density at radius 2 is 0.764 bits per heavy atom. The Labute approximate surface area is 749 Å². The fourth-order valence-corrected chi connectivity index (χ4v) is 25.9. The molecule has 10 aliphatic carbocycles. The van der Waals surface area contributed by atoms with E-state index in [9.17, 15) is 24.6 Å². The van der Waals surface area contributed by atoms with Crippen LogP contribution in [0.3, 0.4) is 0 Å². The van der Waals surface area contributed by atoms with Gasteiger partial charge >= 0.3 is 0 Å². The van der Waals surface area contributed by atoms with E-state index in [0.717, 1.165) is 123 Å². The topological polar surface area (TPSA) is 251 Å². The number of nitrogens with zero attached hydrogens (tertiary/aromatic N) is 13. The number of aliphatic hydroxyl groups excluding tert-OH is 2. The summed E-state index contributed by atoms with van der Waals surface area (Å²) in [6.45, 7) is 47.5. The molecule has 660 valence electrons. The van der Waals surface area contributed by atoms with E-state index in [1.807, 2.05) is 152 Å². The van der Waals surface area contributed by atoms with Crippen molar-refractivity contribution in [3.63, 3.8) is 0 Å². The number of nitrogens with two attached hydrogens (primary N) is 1. The molecule has 10 aliphatic rings. The Balaban J connectivity index is 0.000000121. The molecule has 21 rings (SSSR count). The van der Waals surface area contributed by atoms with E-state index < -0.39 is 16.2 Å². The fraction of sp³-hybridized carbons (Fsp3) is 0.443. The zero-order chi connectivity index (χ0) is 91.6. The first kappa shape index (κ1) is 88.5. The zero-order valence-corrected chi connectivity index (χ0v) is 76.9. The third-order valence-electron chi connectivity index (χ3n) is 31.5. The normalized spacial score (nSPS) is 27.2. The van der Waals surface area contributed by atoms with Crippen LogP contribution in [0.15, 0.2) is 228 Å². The number of allylic oxidation sites excluding steroid dienone is 5. The van der Waals surface area contributed by atoms with Crippen LogP contribution in [0.25, 0.3) is 38.1 Å². The van der Waals surface area contributed by atoms with Gasteiger partial charge in [-0.3, -0.25) is 9.59 Å². The second-order valence-corrected chi connectivity index (χ2v) is 40.6. The summed E-state index contributed by atoms with van der Waals surface area (Å²) in [6.07, 6.45) is 28.6. The molecule has 0 aliphatic heterocycles. The first-order valence-electron chi connectivity index (χ1n) is 45.7. The maximum atomic E-state index is 12.8. The number of aromatic nitrogens is 11. The van der Waals surface area contributed by atoms with Crippen LogP contribution in [0.5, 0.6) is 0 Å². The number of hydrogen-bond acceptors (Lipinski definition) is 14. The minimum absolute atomic E-state index is 0.0251. The van der Waals surface area contributed by atoms with Crippen molar-refractivity contribution in [3.8, 4) is 28.4 Å². The lowest BCUT2D eigenvalue weighted by atomic mass is 9.50. The highest BCUT2D eigenvalue weighted by Crippen LogP contribution is 2.63. The molecule has 5 aromatic carbocycles. The summed E-state index contributed by atoms with van der Waals surface area (Å²) in [5, 5.41) is 47.9. The largest absolute Gasteiger partial charge is 0.523 e. The van der Waals surface area contributed by atoms with E-state index in [2.05, 4.69) is 211 Å². The predicted molar refractivity (Wildman–Crippen MR) is 495 cm³/mol. The number of aryl methyl sites for hydroxylation is 5. The highest BCUT2D eigenvalue weighted by atomic mass is 16.6. The van der Waals surface area contributed by atoms with Gasteiger partial charge in [-0.25, -0.2) is 39.0 Å². The van der Waals surface area contributed by atoms with Crippen LogP contribution in [0.4, 0.5) is 0 Å². The molecule has 2 fully saturated rings. The zero-order valence-electron chi connectivity index (χ0n) is 77.9. The second kappa shape index (κ2) is 33.7. The average Bonchev–Trinajstić information content (AvgIpc) is 1.56. The minimum atomic E-state index is -0.549. The summed E-state index contributed by atoms with van der Waals surface area (Å²) < 4.78 is 21.8. The predicted octanol–water partition coefficient (Wildman–Crippen LogP) is 21.5. The smallest absolute Gasteiger partial charge is 0.226 e. The van der Waals surface area contributed by atoms with Crippen molar-refractivity contribution in [2.75, 3.05) is 7.11 Å². The molecule has 0 bridgehead atoms. The van der Waals surface area contributed by atoms with Crippen LogP contribution >= 0.6 is 0 Å². The third-order valence-corrected chi connectivity index (χ3v) is 31.5. The van der Waals surface area contributed by atoms with Crippen molar-refractivity contribution in [3.05, 3.63) is 314 Å². The van der Waals surface area contributed by atoms with Gasteiger partial charge in [0.15, 0.2) is 11.6 Å². The molecular formula is C106H124N14O7. The number of benzene rings is 5. The molecule has 0 saturated heterocycles. The second-order valence-electron chi connectivity index (χ2n) is 40.6. The van der Waals surface area contributed by atoms with Crippen LogP contribution in [0, 0.1) is 64.4 Å². The van der Waals surface area contributed by atoms with Gasteiger partial charge < -0.3 is 24.4 Å². The van der Waals surface area contributed by atoms with Crippen LogP contribution in [0.1, 0.15) is 238 Å². The Bertz CT molecular complexity index is 6150. The van der Waals surface area contributed by atoms with Crippen molar-refractivity contribution < 1.29 is 35.3 Å². The number of Topliss-reactive ketones (excluding diaryl/α,β-unsaturated/α-hetero) is 3. The first-order valence-corrected chi connectivity index (χ1v) is 44.7. The number of ketones is 3. The monoisotopic (exact) mass is 1710 g/mol. The van der Waals surface area contributed by atoms with Gasteiger partial charge in [-0.1, -0.05) is 213 Å². The summed E-state index contributed by atoms with van der Waals surface area (Å²) in [7, 11) is 2.65. The van der Waals surface area contributed by atoms with E-state index in [1.54, 1.807) is 0 Å². The van der Waals surface area contributed by atoms with Gasteiger partial charge in [-0.05, 0) is 208 Å². The Hall–Kier alpha value is -11.9. The summed E-state index contributed by atoms with van der Waals surface area (Å²) in [6, 6.07) is 51.2. The molecule has 21 nitrogen and oxygen atoms in total. The van der Waals surface area contributed by atoms with Crippen molar-refractivity contribution in [1.29, 1.82) is 0 Å². The lowest BCUT2D eigenvalue weighted by Gasteiger charge is -2.52. The Kier molecular flexibility index (Phi) is 23.5. The molecule has 4 N–H and O–H groups in total. The van der Waals surface area contributed by atoms with Gasteiger partial charge in [0.25, 0.3) is 0 Å². The molecule has 0 radical (unpaired) electrons. The number of carbonyl (C=O) groups excluding carboxylic acids is 3. The van der Waals surface area contributed by atoms with Crippen molar-refractivity contribution in [2.45, 2.75) is 240 Å². The molecule has 0 spiro atoms. The maximum Gasteiger partial charge on any atom is 0.226 e. The summed E-state index contributed by atoms with van der Waals surface area (Å²) >= 11 is 0. The molecular weight excluding hydrogens is 1580 g/mol. The molecule has 6 heterocycles. The van der Waals surface area contributed by atoms with E-state index in [1.165, 1.54) is 70.7 Å². The van der Waals surface area contributed by atoms with Gasteiger partial charge in [0.05, 0.1) is 121 Å². The van der Waals surface area contributed by atoms with E-state index in [4.69, 9.17) is 29.2 Å². The SMILES string of the molecule is CC1(C)C(=O)/C(=C\O)C[C@]2(C)c3c(cnn3-c3ccccc3)CC[C@@H]12.CC1(C)C(=O)CC[C@]2(C)c3c(cnn3-c3ccccc3)CC[C@@H]12.CC1(C)c2oncc2C[C@]2(C)c3c(cnn3-c3ccccc3)CC[C@@H]12.CON.[3H]C.[C-]#[N+]C1=C(O)C(C)(C)[C@@H]2CCc3cnn(-c4ccccc4)c3[C@@]2(C)C1.[C-]#[N+]C1=C[C@]2(C)c3c(cnn3-c3ccccc3)CC[C@H]2C(C)(C)C1=O. The molecule has 10 atom stereocenters. The van der Waals surface area contributed by atoms with E-state index in [0.29, 0.717) is 48.2 Å². The van der Waals surface area contributed by atoms with Crippen LogP contribution < -0.4 is 5.90 Å². The number of fused-ring (bicyclic) bond motifs is 16. The maximum absolute atomic E-state index is 12.8. The van der Waals surface area contributed by atoms with Gasteiger partial charge in [-0.15, -0.1) is 0 Å². The molecule has 0 unspecified atom stereocenters. The van der Waals surface area contributed by atoms with Crippen molar-refractivity contribution >= 4 is 17.3 Å². The summed E-state index contributed by atoms with van der Waals surface area (Å²) in [5.74, 6) is 7.73. The van der Waals surface area contributed by atoms with E-state index >= 15 is 0 Å². The summed E-state index contributed by atoms with van der Waals surface area (Å²) in [5.41, 5.74) is 18.1. The number of hydrogen-bond donors (Lipinski definition) is 3. The lowest BCUT2D eigenvalue weighted by Crippen LogP contribution is -2.53. The van der Waals surface area contributed by atoms with Gasteiger partial charge in [0.2, 0.25) is 11.4 Å². The Morgan fingerprint density at radius 1 is 0.433 bits per heavy atom. The third kappa shape index (κ3) is 14.7. The molecule has 6 aromatic heterocycles. The van der Waals surface area contributed by atoms with Crippen LogP contribution in [0.2, 0.25) is 0 Å². The van der Waals surface area contributed by atoms with E-state index in [-0.39, 0.29) is 78.7 Å². The number of para-hydroxylation sites is 5. The highest BCUT2D eigenvalue weighted by molar-refractivity contribution is 6.03. The number of rotatable bonds is 5. The van der Waals surface area contributed by atoms with Gasteiger partial charge in [0.1, 0.15) is 17.3 Å².